The fraction of sp³-hybridized carbons (Fsp3) is 0.176. The van der Waals surface area contributed by atoms with E-state index in [2.05, 4.69) is 0 Å². The van der Waals surface area contributed by atoms with E-state index in [-0.39, 0.29) is 12.3 Å². The van der Waals surface area contributed by atoms with Crippen molar-refractivity contribution in [2.75, 3.05) is 13.1 Å². The van der Waals surface area contributed by atoms with E-state index in [0.717, 1.165) is 9.78 Å². The number of amides is 4. The molecule has 0 spiro atoms. The fourth-order valence-electron chi connectivity index (χ4n) is 2.42. The Balaban J connectivity index is 1.68. The summed E-state index contributed by atoms with van der Waals surface area (Å²) in [5, 5.41) is 1.90. The molecule has 1 aromatic carbocycles. The molecule has 2 aromatic rings. The van der Waals surface area contributed by atoms with Crippen LogP contribution in [-0.4, -0.2) is 46.5 Å². The highest BCUT2D eigenvalue weighted by Gasteiger charge is 2.44. The van der Waals surface area contributed by atoms with Crippen molar-refractivity contribution in [1.82, 2.24) is 9.80 Å². The molecule has 0 N–H and O–H groups in total. The van der Waals surface area contributed by atoms with E-state index >= 15 is 0 Å². The molecule has 1 aromatic heterocycles. The fourth-order valence-corrected chi connectivity index (χ4v) is 3.12. The van der Waals surface area contributed by atoms with Gasteiger partial charge < -0.3 is 0 Å². The predicted octanol–water partition coefficient (Wildman–Crippen LogP) is 1.96. The van der Waals surface area contributed by atoms with Crippen molar-refractivity contribution in [3.05, 3.63) is 58.3 Å². The zero-order valence-corrected chi connectivity index (χ0v) is 13.5. The minimum atomic E-state index is -0.949. The Bertz CT molecular complexity index is 786. The zero-order valence-electron chi connectivity index (χ0n) is 12.7. The summed E-state index contributed by atoms with van der Waals surface area (Å²) in [6, 6.07) is 11.4. The molecule has 2 heterocycles. The minimum absolute atomic E-state index is 0.125. The average Bonchev–Trinajstić information content (AvgIpc) is 3.18. The molecule has 1 aliphatic heterocycles. The van der Waals surface area contributed by atoms with Crippen LogP contribution in [0, 0.1) is 0 Å². The standard InChI is InChI=1S/C17H14N2O4S/c20-14(12-5-2-1-3-6-12)11-19-16(22)15(21)18(17(19)23)9-8-13-7-4-10-24-13/h1-7,10H,8-9,11H2. The number of ketones is 1. The minimum Gasteiger partial charge on any atom is -0.292 e. The molecular weight excluding hydrogens is 328 g/mol. The van der Waals surface area contributed by atoms with Gasteiger partial charge in [-0.15, -0.1) is 11.3 Å². The first-order valence-corrected chi connectivity index (χ1v) is 8.24. The summed E-state index contributed by atoms with van der Waals surface area (Å²) in [4.78, 5) is 51.2. The monoisotopic (exact) mass is 342 g/mol. The van der Waals surface area contributed by atoms with Crippen LogP contribution in [0.3, 0.4) is 0 Å². The number of thiophene rings is 1. The second kappa shape index (κ2) is 6.76. The van der Waals surface area contributed by atoms with E-state index in [1.807, 2.05) is 17.5 Å². The predicted molar refractivity (Wildman–Crippen MR) is 87.6 cm³/mol. The lowest BCUT2D eigenvalue weighted by molar-refractivity contribution is -0.143. The van der Waals surface area contributed by atoms with Crippen molar-refractivity contribution >= 4 is 35.0 Å². The number of urea groups is 1. The first kappa shape index (κ1) is 16.1. The van der Waals surface area contributed by atoms with E-state index in [4.69, 9.17) is 0 Å². The topological polar surface area (TPSA) is 74.8 Å². The van der Waals surface area contributed by atoms with E-state index in [9.17, 15) is 19.2 Å². The Hall–Kier alpha value is -2.80. The molecule has 24 heavy (non-hydrogen) atoms. The molecule has 0 atom stereocenters. The van der Waals surface area contributed by atoms with Crippen LogP contribution >= 0.6 is 11.3 Å². The summed E-state index contributed by atoms with van der Waals surface area (Å²) in [5.41, 5.74) is 0.391. The van der Waals surface area contributed by atoms with Gasteiger partial charge in [-0.25, -0.2) is 9.69 Å². The third-order valence-electron chi connectivity index (χ3n) is 3.69. The van der Waals surface area contributed by atoms with Gasteiger partial charge in [-0.1, -0.05) is 36.4 Å². The lowest BCUT2D eigenvalue weighted by Gasteiger charge is -2.14. The highest BCUT2D eigenvalue weighted by atomic mass is 32.1. The van der Waals surface area contributed by atoms with Crippen molar-refractivity contribution in [2.24, 2.45) is 0 Å². The number of Topliss-reactive ketones (excluding diaryl/α,β-unsaturated/α-hetero) is 1. The van der Waals surface area contributed by atoms with Gasteiger partial charge in [0.25, 0.3) is 0 Å². The van der Waals surface area contributed by atoms with Crippen LogP contribution in [0.25, 0.3) is 0 Å². The van der Waals surface area contributed by atoms with Crippen LogP contribution in [0.5, 0.6) is 0 Å². The van der Waals surface area contributed by atoms with Crippen molar-refractivity contribution in [3.63, 3.8) is 0 Å². The highest BCUT2D eigenvalue weighted by Crippen LogP contribution is 2.16. The van der Waals surface area contributed by atoms with Gasteiger partial charge in [0.15, 0.2) is 5.78 Å². The first-order chi connectivity index (χ1) is 11.6. The van der Waals surface area contributed by atoms with Crippen LogP contribution in [0.2, 0.25) is 0 Å². The van der Waals surface area contributed by atoms with E-state index in [1.165, 1.54) is 11.3 Å². The number of imide groups is 2. The number of carbonyl (C=O) groups excluding carboxylic acids is 4. The summed E-state index contributed by atoms with van der Waals surface area (Å²) >= 11 is 1.52. The van der Waals surface area contributed by atoms with Crippen LogP contribution in [0.1, 0.15) is 15.2 Å². The Morgan fingerprint density at radius 3 is 2.29 bits per heavy atom. The van der Waals surface area contributed by atoms with E-state index in [1.54, 1.807) is 30.3 Å². The van der Waals surface area contributed by atoms with Gasteiger partial charge in [-0.3, -0.25) is 19.3 Å². The van der Waals surface area contributed by atoms with Crippen LogP contribution in [-0.2, 0) is 16.0 Å². The normalized spacial score (nSPS) is 14.6. The molecule has 4 amide bonds. The number of hydrogen-bond acceptors (Lipinski definition) is 5. The van der Waals surface area contributed by atoms with Crippen LogP contribution in [0.4, 0.5) is 4.79 Å². The summed E-state index contributed by atoms with van der Waals surface area (Å²) < 4.78 is 0. The lowest BCUT2D eigenvalue weighted by atomic mass is 10.1. The molecule has 0 bridgehead atoms. The van der Waals surface area contributed by atoms with Crippen molar-refractivity contribution < 1.29 is 19.2 Å². The van der Waals surface area contributed by atoms with Gasteiger partial charge in [0.05, 0.1) is 6.54 Å². The second-order valence-electron chi connectivity index (χ2n) is 5.25. The molecular formula is C17H14N2O4S. The quantitative estimate of drug-likeness (QED) is 0.457. The molecule has 6 nitrogen and oxygen atoms in total. The Morgan fingerprint density at radius 1 is 0.917 bits per heavy atom. The Kier molecular flexibility index (Phi) is 4.52. The average molecular weight is 342 g/mol. The van der Waals surface area contributed by atoms with Crippen molar-refractivity contribution in [1.29, 1.82) is 0 Å². The van der Waals surface area contributed by atoms with Gasteiger partial charge in [0, 0.05) is 23.4 Å². The summed E-state index contributed by atoms with van der Waals surface area (Å²) in [6.07, 6.45) is 0.489. The SMILES string of the molecule is O=C(CN1C(=O)C(=O)N(CCc2cccs2)C1=O)c1ccccc1. The zero-order chi connectivity index (χ0) is 17.1. The Labute approximate surface area is 142 Å². The largest absolute Gasteiger partial charge is 0.334 e. The number of benzene rings is 1. The van der Waals surface area contributed by atoms with Crippen LogP contribution < -0.4 is 0 Å². The molecule has 1 aliphatic rings. The molecule has 0 radical (unpaired) electrons. The van der Waals surface area contributed by atoms with Gasteiger partial charge in [0.1, 0.15) is 0 Å². The maximum Gasteiger partial charge on any atom is 0.334 e. The van der Waals surface area contributed by atoms with Gasteiger partial charge in [0.2, 0.25) is 0 Å². The van der Waals surface area contributed by atoms with E-state index in [0.29, 0.717) is 16.9 Å². The summed E-state index contributed by atoms with van der Waals surface area (Å²) in [5.74, 6) is -2.21. The highest BCUT2D eigenvalue weighted by molar-refractivity contribution is 7.09. The first-order valence-electron chi connectivity index (χ1n) is 7.36. The van der Waals surface area contributed by atoms with E-state index < -0.39 is 24.4 Å². The lowest BCUT2D eigenvalue weighted by Crippen LogP contribution is -2.37. The Morgan fingerprint density at radius 2 is 1.62 bits per heavy atom. The maximum absolute atomic E-state index is 12.3. The van der Waals surface area contributed by atoms with Crippen molar-refractivity contribution in [3.8, 4) is 0 Å². The number of rotatable bonds is 6. The number of carbonyl (C=O) groups is 4. The van der Waals surface area contributed by atoms with Crippen molar-refractivity contribution in [2.45, 2.75) is 6.42 Å². The van der Waals surface area contributed by atoms with Gasteiger partial charge in [-0.05, 0) is 11.4 Å². The van der Waals surface area contributed by atoms with Crippen LogP contribution in [0.15, 0.2) is 47.8 Å². The van der Waals surface area contributed by atoms with Gasteiger partial charge >= 0.3 is 17.8 Å². The number of nitrogens with zero attached hydrogens (tertiary/aromatic N) is 2. The second-order valence-corrected chi connectivity index (χ2v) is 6.28. The molecule has 0 unspecified atom stereocenters. The third-order valence-corrected chi connectivity index (χ3v) is 4.63. The molecule has 122 valence electrons. The maximum atomic E-state index is 12.3. The summed E-state index contributed by atoms with van der Waals surface area (Å²) in [7, 11) is 0. The smallest absolute Gasteiger partial charge is 0.292 e. The molecule has 1 fully saturated rings. The molecule has 0 aliphatic carbocycles. The molecule has 3 rings (SSSR count). The third kappa shape index (κ3) is 3.11. The molecule has 7 heteroatoms. The summed E-state index contributed by atoms with van der Waals surface area (Å²) in [6.45, 7) is -0.303. The molecule has 1 saturated heterocycles. The molecule has 0 saturated carbocycles. The van der Waals surface area contributed by atoms with Gasteiger partial charge in [-0.2, -0.15) is 0 Å². The number of hydrogen-bond donors (Lipinski definition) is 0.